The number of aliphatic carboxylic acids is 1. The van der Waals surface area contributed by atoms with Gasteiger partial charge in [-0.15, -0.1) is 0 Å². The van der Waals surface area contributed by atoms with Crippen LogP contribution in [-0.2, 0) is 14.3 Å². The van der Waals surface area contributed by atoms with Crippen molar-refractivity contribution in [3.05, 3.63) is 0 Å². The average molecular weight is 229 g/mol. The van der Waals surface area contributed by atoms with Crippen LogP contribution in [0.3, 0.4) is 0 Å². The molecule has 5 heteroatoms. The Labute approximate surface area is 95.2 Å². The summed E-state index contributed by atoms with van der Waals surface area (Å²) in [5, 5.41) is 12.5. The molecule has 0 spiro atoms. The van der Waals surface area contributed by atoms with Crippen LogP contribution in [0.4, 0.5) is 0 Å². The van der Waals surface area contributed by atoms with Gasteiger partial charge in [0.25, 0.3) is 0 Å². The van der Waals surface area contributed by atoms with Crippen LogP contribution in [-0.4, -0.2) is 29.6 Å². The van der Waals surface area contributed by atoms with E-state index < -0.39 is 17.1 Å². The van der Waals surface area contributed by atoms with Crippen molar-refractivity contribution in [1.29, 1.82) is 0 Å². The number of carboxylic acid groups (broad SMARTS) is 1. The summed E-state index contributed by atoms with van der Waals surface area (Å²) in [5.74, 6) is -1.81. The summed E-state index contributed by atoms with van der Waals surface area (Å²) < 4.78 is 5.22. The second kappa shape index (κ2) is 4.05. The number of hydrogen-bond donors (Lipinski definition) is 1. The van der Waals surface area contributed by atoms with Gasteiger partial charge in [0.2, 0.25) is 0 Å². The highest BCUT2D eigenvalue weighted by molar-refractivity contribution is 5.78. The van der Waals surface area contributed by atoms with Gasteiger partial charge in [0.15, 0.2) is 0 Å². The lowest BCUT2D eigenvalue weighted by molar-refractivity contribution is -0.698. The highest BCUT2D eigenvalue weighted by Gasteiger charge is 2.44. The second-order valence-electron chi connectivity index (χ2n) is 5.58. The molecular weight excluding hydrogens is 210 g/mol. The molecule has 1 saturated heterocycles. The molecule has 0 aromatic rings. The Morgan fingerprint density at radius 2 is 2.00 bits per heavy atom. The first-order valence-corrected chi connectivity index (χ1v) is 5.43. The van der Waals surface area contributed by atoms with Crippen molar-refractivity contribution in [2.45, 2.75) is 45.3 Å². The van der Waals surface area contributed by atoms with Gasteiger partial charge in [-0.2, -0.15) is 0 Å². The maximum Gasteiger partial charge on any atom is 0.315 e. The molecule has 0 bridgehead atoms. The minimum absolute atomic E-state index is 0.268. The Balaban J connectivity index is 2.60. The van der Waals surface area contributed by atoms with Crippen molar-refractivity contribution in [2.24, 2.45) is 5.92 Å². The van der Waals surface area contributed by atoms with Gasteiger partial charge in [0.1, 0.15) is 23.0 Å². The maximum atomic E-state index is 11.7. The van der Waals surface area contributed by atoms with Crippen molar-refractivity contribution in [3.8, 4) is 0 Å². The van der Waals surface area contributed by atoms with E-state index in [1.807, 2.05) is 0 Å². The molecule has 1 rings (SSSR count). The monoisotopic (exact) mass is 229 g/mol. The first kappa shape index (κ1) is 13.0. The normalized spacial score (nSPS) is 30.1. The van der Waals surface area contributed by atoms with Gasteiger partial charge >= 0.3 is 5.97 Å². The first-order valence-electron chi connectivity index (χ1n) is 5.43. The predicted molar refractivity (Wildman–Crippen MR) is 54.2 cm³/mol. The lowest BCUT2D eigenvalue weighted by atomic mass is 9.95. The van der Waals surface area contributed by atoms with Crippen molar-refractivity contribution in [2.75, 3.05) is 6.54 Å². The molecule has 0 amide bonds. The van der Waals surface area contributed by atoms with Crippen LogP contribution in [0.5, 0.6) is 0 Å². The molecule has 2 N–H and O–H groups in total. The largest absolute Gasteiger partial charge is 0.544 e. The van der Waals surface area contributed by atoms with E-state index in [4.69, 9.17) is 4.74 Å². The fourth-order valence-electron chi connectivity index (χ4n) is 1.81. The molecule has 16 heavy (non-hydrogen) atoms. The van der Waals surface area contributed by atoms with Crippen molar-refractivity contribution in [3.63, 3.8) is 0 Å². The van der Waals surface area contributed by atoms with Gasteiger partial charge < -0.3 is 20.0 Å². The molecule has 1 heterocycles. The lowest BCUT2D eigenvalue weighted by Gasteiger charge is -2.23. The number of carbonyl (C=O) groups excluding carboxylic acids is 2. The van der Waals surface area contributed by atoms with E-state index in [1.54, 1.807) is 33.0 Å². The number of carboxylic acids is 1. The summed E-state index contributed by atoms with van der Waals surface area (Å²) in [6.07, 6.45) is 0.268. The Morgan fingerprint density at radius 1 is 1.44 bits per heavy atom. The molecule has 0 aromatic carbocycles. The molecular formula is C11H19NO4. The van der Waals surface area contributed by atoms with Crippen LogP contribution in [0.1, 0.15) is 34.1 Å². The number of rotatable bonds is 2. The molecule has 2 atom stereocenters. The Bertz CT molecular complexity index is 308. The molecule has 5 nitrogen and oxygen atoms in total. The second-order valence-corrected chi connectivity index (χ2v) is 5.58. The summed E-state index contributed by atoms with van der Waals surface area (Å²) >= 11 is 0. The SMILES string of the molecule is CC(C)(C)OC(=O)[C@H]1C[NH2+][C@](C)(C(=O)[O-])C1. The van der Waals surface area contributed by atoms with E-state index in [0.29, 0.717) is 6.54 Å². The van der Waals surface area contributed by atoms with E-state index >= 15 is 0 Å². The van der Waals surface area contributed by atoms with Crippen LogP contribution < -0.4 is 10.4 Å². The van der Waals surface area contributed by atoms with E-state index in [2.05, 4.69) is 0 Å². The van der Waals surface area contributed by atoms with Crippen molar-refractivity contribution >= 4 is 11.9 Å². The topological polar surface area (TPSA) is 83.0 Å². The quantitative estimate of drug-likeness (QED) is 0.579. The van der Waals surface area contributed by atoms with Crippen molar-refractivity contribution < 1.29 is 24.7 Å². The summed E-state index contributed by atoms with van der Waals surface area (Å²) in [6, 6.07) is 0. The number of quaternary nitrogens is 1. The highest BCUT2D eigenvalue weighted by Crippen LogP contribution is 2.21. The van der Waals surface area contributed by atoms with E-state index in [1.165, 1.54) is 0 Å². The summed E-state index contributed by atoms with van der Waals surface area (Å²) in [4.78, 5) is 22.6. The zero-order valence-corrected chi connectivity index (χ0v) is 10.2. The number of carbonyl (C=O) groups is 2. The van der Waals surface area contributed by atoms with E-state index in [0.717, 1.165) is 0 Å². The lowest BCUT2D eigenvalue weighted by Crippen LogP contribution is -2.96. The maximum absolute atomic E-state index is 11.7. The fourth-order valence-corrected chi connectivity index (χ4v) is 1.81. The van der Waals surface area contributed by atoms with Crippen LogP contribution in [0.15, 0.2) is 0 Å². The van der Waals surface area contributed by atoms with Crippen LogP contribution in [0.2, 0.25) is 0 Å². The zero-order chi connectivity index (χ0) is 12.6. The number of hydrogen-bond acceptors (Lipinski definition) is 4. The van der Waals surface area contributed by atoms with Gasteiger partial charge in [-0.1, -0.05) is 0 Å². The minimum Gasteiger partial charge on any atom is -0.544 e. The molecule has 0 saturated carbocycles. The average Bonchev–Trinajstić information content (AvgIpc) is 2.46. The van der Waals surface area contributed by atoms with Gasteiger partial charge in [-0.3, -0.25) is 4.79 Å². The summed E-state index contributed by atoms with van der Waals surface area (Å²) in [6.45, 7) is 7.40. The molecule has 0 radical (unpaired) electrons. The molecule has 1 aliphatic rings. The summed E-state index contributed by atoms with van der Waals surface area (Å²) in [7, 11) is 0. The molecule has 1 aliphatic heterocycles. The Kier molecular flexibility index (Phi) is 3.28. The molecule has 1 fully saturated rings. The van der Waals surface area contributed by atoms with Crippen LogP contribution in [0.25, 0.3) is 0 Å². The van der Waals surface area contributed by atoms with E-state index in [-0.39, 0.29) is 18.3 Å². The fraction of sp³-hybridized carbons (Fsp3) is 0.818. The Morgan fingerprint density at radius 3 is 2.38 bits per heavy atom. The first-order chi connectivity index (χ1) is 7.14. The molecule has 0 aromatic heterocycles. The third kappa shape index (κ3) is 2.95. The predicted octanol–water partition coefficient (Wildman–Crippen LogP) is -1.58. The van der Waals surface area contributed by atoms with E-state index in [9.17, 15) is 14.7 Å². The third-order valence-electron chi connectivity index (χ3n) is 2.73. The van der Waals surface area contributed by atoms with Crippen molar-refractivity contribution in [1.82, 2.24) is 0 Å². The van der Waals surface area contributed by atoms with Crippen LogP contribution in [0, 0.1) is 5.92 Å². The Hall–Kier alpha value is -1.10. The van der Waals surface area contributed by atoms with Crippen LogP contribution >= 0.6 is 0 Å². The smallest absolute Gasteiger partial charge is 0.315 e. The van der Waals surface area contributed by atoms with Gasteiger partial charge in [0.05, 0.1) is 6.54 Å². The standard InChI is InChI=1S/C11H19NO4/c1-10(2,3)16-8(13)7-5-11(4,9(14)15)12-6-7/h7,12H,5-6H2,1-4H3,(H,14,15)/t7-,11+/m1/s1. The van der Waals surface area contributed by atoms with Gasteiger partial charge in [0, 0.05) is 6.42 Å². The molecule has 0 unspecified atom stereocenters. The third-order valence-corrected chi connectivity index (χ3v) is 2.73. The minimum atomic E-state index is -1.13. The number of ether oxygens (including phenoxy) is 1. The highest BCUT2D eigenvalue weighted by atomic mass is 16.6. The molecule has 92 valence electrons. The van der Waals surface area contributed by atoms with Gasteiger partial charge in [-0.05, 0) is 27.7 Å². The number of nitrogens with two attached hydrogens (primary N) is 1. The van der Waals surface area contributed by atoms with Gasteiger partial charge in [-0.25, -0.2) is 0 Å². The summed E-state index contributed by atoms with van der Waals surface area (Å²) in [5.41, 5.74) is -1.53. The zero-order valence-electron chi connectivity index (χ0n) is 10.2. The number of esters is 1. The molecule has 0 aliphatic carbocycles.